The Bertz CT molecular complexity index is 468. The number of H-pyrrole nitrogens is 1. The van der Waals surface area contributed by atoms with Crippen molar-refractivity contribution < 1.29 is 8.78 Å². The van der Waals surface area contributed by atoms with Crippen molar-refractivity contribution >= 4 is 11.0 Å². The van der Waals surface area contributed by atoms with Crippen LogP contribution in [0.4, 0.5) is 8.78 Å². The van der Waals surface area contributed by atoms with Crippen molar-refractivity contribution in [2.75, 3.05) is 6.54 Å². The van der Waals surface area contributed by atoms with E-state index in [1.165, 1.54) is 0 Å². The number of aromatic nitrogens is 2. The number of nitrogens with zero attached hydrogens (tertiary/aromatic N) is 1. The van der Waals surface area contributed by atoms with E-state index in [2.05, 4.69) is 9.97 Å². The molecule has 0 aliphatic carbocycles. The Labute approximate surface area is 91.7 Å². The van der Waals surface area contributed by atoms with E-state index in [1.54, 1.807) is 0 Å². The van der Waals surface area contributed by atoms with E-state index in [4.69, 9.17) is 5.73 Å². The van der Waals surface area contributed by atoms with Gasteiger partial charge in [-0.05, 0) is 12.5 Å². The Morgan fingerprint density at radius 3 is 2.75 bits per heavy atom. The number of benzene rings is 1. The van der Waals surface area contributed by atoms with Crippen LogP contribution in [0, 0.1) is 17.6 Å². The minimum absolute atomic E-state index is 0.287. The van der Waals surface area contributed by atoms with Gasteiger partial charge >= 0.3 is 0 Å². The van der Waals surface area contributed by atoms with Gasteiger partial charge in [-0.15, -0.1) is 0 Å². The van der Waals surface area contributed by atoms with Crippen LogP contribution in [0.2, 0.25) is 0 Å². The Morgan fingerprint density at radius 1 is 1.38 bits per heavy atom. The molecule has 1 aromatic carbocycles. The predicted octanol–water partition coefficient (Wildman–Crippen LogP) is 1.98. The van der Waals surface area contributed by atoms with Gasteiger partial charge in [-0.2, -0.15) is 0 Å². The summed E-state index contributed by atoms with van der Waals surface area (Å²) in [5.41, 5.74) is 6.46. The third-order valence-electron chi connectivity index (χ3n) is 2.52. The summed E-state index contributed by atoms with van der Waals surface area (Å²) in [6.07, 6.45) is 0.675. The molecule has 0 bridgehead atoms. The number of nitrogens with two attached hydrogens (primary N) is 1. The van der Waals surface area contributed by atoms with Gasteiger partial charge in [-0.1, -0.05) is 6.92 Å². The van der Waals surface area contributed by atoms with Gasteiger partial charge in [0.1, 0.15) is 5.82 Å². The van der Waals surface area contributed by atoms with Crippen molar-refractivity contribution in [2.24, 2.45) is 11.7 Å². The molecule has 2 rings (SSSR count). The SMILES string of the molecule is CC(CN)Cc1nc2cc(F)c(F)cc2[nH]1. The topological polar surface area (TPSA) is 54.7 Å². The molecule has 0 aliphatic rings. The number of aromatic amines is 1. The zero-order valence-corrected chi connectivity index (χ0v) is 8.93. The van der Waals surface area contributed by atoms with Crippen LogP contribution in [0.15, 0.2) is 12.1 Å². The lowest BCUT2D eigenvalue weighted by atomic mass is 10.1. The van der Waals surface area contributed by atoms with Crippen molar-refractivity contribution in [2.45, 2.75) is 13.3 Å². The van der Waals surface area contributed by atoms with Gasteiger partial charge < -0.3 is 10.7 Å². The fourth-order valence-electron chi connectivity index (χ4n) is 1.57. The third kappa shape index (κ3) is 2.04. The van der Waals surface area contributed by atoms with Crippen LogP contribution in [0.1, 0.15) is 12.7 Å². The minimum atomic E-state index is -0.877. The van der Waals surface area contributed by atoms with Gasteiger partial charge in [-0.25, -0.2) is 13.8 Å². The molecule has 16 heavy (non-hydrogen) atoms. The van der Waals surface area contributed by atoms with Gasteiger partial charge in [0, 0.05) is 18.6 Å². The quantitative estimate of drug-likeness (QED) is 0.839. The maximum Gasteiger partial charge on any atom is 0.161 e. The molecule has 1 aromatic heterocycles. The van der Waals surface area contributed by atoms with Crippen LogP contribution in [0.25, 0.3) is 11.0 Å². The average Bonchev–Trinajstić information content (AvgIpc) is 2.60. The van der Waals surface area contributed by atoms with Crippen molar-refractivity contribution in [1.82, 2.24) is 9.97 Å². The molecule has 3 nitrogen and oxygen atoms in total. The van der Waals surface area contributed by atoms with Gasteiger partial charge in [0.15, 0.2) is 11.6 Å². The molecule has 2 aromatic rings. The normalized spacial score (nSPS) is 13.2. The Morgan fingerprint density at radius 2 is 2.06 bits per heavy atom. The summed E-state index contributed by atoms with van der Waals surface area (Å²) in [6.45, 7) is 2.55. The first kappa shape index (κ1) is 11.0. The molecule has 1 atom stereocenters. The van der Waals surface area contributed by atoms with Crippen molar-refractivity contribution in [3.63, 3.8) is 0 Å². The van der Waals surface area contributed by atoms with E-state index in [0.29, 0.717) is 29.8 Å². The van der Waals surface area contributed by atoms with Crippen LogP contribution in [0.3, 0.4) is 0 Å². The molecule has 3 N–H and O–H groups in total. The second-order valence-corrected chi connectivity index (χ2v) is 4.01. The molecule has 86 valence electrons. The van der Waals surface area contributed by atoms with Gasteiger partial charge in [0.05, 0.1) is 11.0 Å². The van der Waals surface area contributed by atoms with Gasteiger partial charge in [0.25, 0.3) is 0 Å². The monoisotopic (exact) mass is 225 g/mol. The fraction of sp³-hybridized carbons (Fsp3) is 0.364. The highest BCUT2D eigenvalue weighted by Gasteiger charge is 2.10. The molecule has 0 aliphatic heterocycles. The van der Waals surface area contributed by atoms with Crippen LogP contribution in [0.5, 0.6) is 0 Å². The lowest BCUT2D eigenvalue weighted by molar-refractivity contribution is 0.510. The second-order valence-electron chi connectivity index (χ2n) is 4.01. The molecule has 0 amide bonds. The standard InChI is InChI=1S/C11H13F2N3/c1-6(5-14)2-11-15-9-3-7(12)8(13)4-10(9)16-11/h3-4,6H,2,5,14H2,1H3,(H,15,16). The first-order valence-corrected chi connectivity index (χ1v) is 5.14. The summed E-state index contributed by atoms with van der Waals surface area (Å²) < 4.78 is 25.9. The molecular weight excluding hydrogens is 212 g/mol. The maximum atomic E-state index is 12.9. The van der Waals surface area contributed by atoms with Gasteiger partial charge in [-0.3, -0.25) is 0 Å². The van der Waals surface area contributed by atoms with Gasteiger partial charge in [0.2, 0.25) is 0 Å². The molecule has 0 saturated heterocycles. The Balaban J connectivity index is 2.36. The number of fused-ring (bicyclic) bond motifs is 1. The number of rotatable bonds is 3. The summed E-state index contributed by atoms with van der Waals surface area (Å²) in [5, 5.41) is 0. The zero-order chi connectivity index (χ0) is 11.7. The predicted molar refractivity (Wildman–Crippen MR) is 57.9 cm³/mol. The Kier molecular flexibility index (Phi) is 2.87. The number of nitrogens with one attached hydrogen (secondary N) is 1. The van der Waals surface area contributed by atoms with Crippen molar-refractivity contribution in [1.29, 1.82) is 0 Å². The van der Waals surface area contributed by atoms with E-state index < -0.39 is 11.6 Å². The van der Waals surface area contributed by atoms with Crippen LogP contribution in [-0.2, 0) is 6.42 Å². The molecule has 1 heterocycles. The summed E-state index contributed by atoms with van der Waals surface area (Å²) >= 11 is 0. The molecule has 0 radical (unpaired) electrons. The maximum absolute atomic E-state index is 12.9. The van der Waals surface area contributed by atoms with E-state index >= 15 is 0 Å². The number of imidazole rings is 1. The van der Waals surface area contributed by atoms with Crippen molar-refractivity contribution in [3.8, 4) is 0 Å². The largest absolute Gasteiger partial charge is 0.342 e. The highest BCUT2D eigenvalue weighted by molar-refractivity contribution is 5.75. The summed E-state index contributed by atoms with van der Waals surface area (Å²) in [4.78, 5) is 7.14. The summed E-state index contributed by atoms with van der Waals surface area (Å²) in [5.74, 6) is -0.750. The van der Waals surface area contributed by atoms with Crippen LogP contribution >= 0.6 is 0 Å². The smallest absolute Gasteiger partial charge is 0.161 e. The summed E-state index contributed by atoms with van der Waals surface area (Å²) in [7, 11) is 0. The fourth-order valence-corrected chi connectivity index (χ4v) is 1.57. The third-order valence-corrected chi connectivity index (χ3v) is 2.52. The average molecular weight is 225 g/mol. The molecule has 1 unspecified atom stereocenters. The zero-order valence-electron chi connectivity index (χ0n) is 8.93. The lowest BCUT2D eigenvalue weighted by Gasteiger charge is -2.03. The summed E-state index contributed by atoms with van der Waals surface area (Å²) in [6, 6.07) is 2.21. The van der Waals surface area contributed by atoms with E-state index in [-0.39, 0.29) is 5.92 Å². The molecule has 0 spiro atoms. The highest BCUT2D eigenvalue weighted by atomic mass is 19.2. The molecule has 5 heteroatoms. The first-order valence-electron chi connectivity index (χ1n) is 5.14. The van der Waals surface area contributed by atoms with E-state index in [1.807, 2.05) is 6.92 Å². The van der Waals surface area contributed by atoms with Crippen LogP contribution < -0.4 is 5.73 Å². The highest BCUT2D eigenvalue weighted by Crippen LogP contribution is 2.17. The first-order chi connectivity index (χ1) is 7.60. The second kappa shape index (κ2) is 4.17. The Hall–Kier alpha value is -1.49. The number of hydrogen-bond donors (Lipinski definition) is 2. The molecule has 0 fully saturated rings. The molecular formula is C11H13F2N3. The number of hydrogen-bond acceptors (Lipinski definition) is 2. The van der Waals surface area contributed by atoms with E-state index in [0.717, 1.165) is 12.1 Å². The van der Waals surface area contributed by atoms with E-state index in [9.17, 15) is 8.78 Å². The lowest BCUT2D eigenvalue weighted by Crippen LogP contribution is -2.13. The van der Waals surface area contributed by atoms with Crippen LogP contribution in [-0.4, -0.2) is 16.5 Å². The van der Waals surface area contributed by atoms with Crippen molar-refractivity contribution in [3.05, 3.63) is 29.6 Å². The minimum Gasteiger partial charge on any atom is -0.342 e. The number of halogens is 2. The molecule has 0 saturated carbocycles.